The zero-order valence-electron chi connectivity index (χ0n) is 17.6. The largest absolute Gasteiger partial charge is 0.370 e. The van der Waals surface area contributed by atoms with Crippen LogP contribution in [-0.4, -0.2) is 18.4 Å². The lowest BCUT2D eigenvalue weighted by atomic mass is 9.93. The minimum absolute atomic E-state index is 0. The van der Waals surface area contributed by atoms with Crippen molar-refractivity contribution in [1.82, 2.24) is 0 Å². The fraction of sp³-hybridized carbons (Fsp3) is 0.905. The van der Waals surface area contributed by atoms with Gasteiger partial charge in [-0.05, 0) is 19.3 Å². The molecule has 0 aromatic rings. The first-order valence-electron chi connectivity index (χ1n) is 10.9. The number of carbonyl (C=O) groups excluding carboxylic acids is 1. The van der Waals surface area contributed by atoms with Crippen LogP contribution in [0.3, 0.4) is 0 Å². The molecule has 0 aromatic heterocycles. The lowest BCUT2D eigenvalue weighted by Gasteiger charge is -2.13. The van der Waals surface area contributed by atoms with Gasteiger partial charge in [-0.15, -0.1) is 12.4 Å². The van der Waals surface area contributed by atoms with Crippen LogP contribution >= 0.6 is 12.4 Å². The standard InChI is InChI=1S/C21H44N4O.ClH/c1-2-3-4-5-6-7-8-9-10-13-16-19(20(22)26)17-14-11-12-15-18-25-21(23)24;/h19H,2-18H2,1H3,(H2,22,26)(H4,23,24,25);1H. The molecule has 0 rings (SSSR count). The minimum Gasteiger partial charge on any atom is -0.370 e. The summed E-state index contributed by atoms with van der Waals surface area (Å²) >= 11 is 0. The zero-order valence-corrected chi connectivity index (χ0v) is 18.4. The minimum atomic E-state index is -0.124. The molecule has 1 amide bonds. The molecule has 1 atom stereocenters. The molecule has 0 heterocycles. The highest BCUT2D eigenvalue weighted by Gasteiger charge is 2.14. The number of nitrogens with two attached hydrogens (primary N) is 3. The Morgan fingerprint density at radius 3 is 1.52 bits per heavy atom. The summed E-state index contributed by atoms with van der Waals surface area (Å²) in [6, 6.07) is 0. The third kappa shape index (κ3) is 21.2. The van der Waals surface area contributed by atoms with Crippen LogP contribution in [0.4, 0.5) is 0 Å². The molecule has 6 heteroatoms. The quantitative estimate of drug-likeness (QED) is 0.159. The average Bonchev–Trinajstić information content (AvgIpc) is 2.60. The highest BCUT2D eigenvalue weighted by molar-refractivity contribution is 5.85. The number of amides is 1. The summed E-state index contributed by atoms with van der Waals surface area (Å²) in [7, 11) is 0. The van der Waals surface area contributed by atoms with Crippen LogP contribution < -0.4 is 17.2 Å². The molecular weight excluding hydrogens is 360 g/mol. The number of carbonyl (C=O) groups is 1. The van der Waals surface area contributed by atoms with E-state index in [1.54, 1.807) is 0 Å². The van der Waals surface area contributed by atoms with Crippen LogP contribution in [-0.2, 0) is 4.79 Å². The van der Waals surface area contributed by atoms with Gasteiger partial charge in [0.1, 0.15) is 0 Å². The molecule has 1 unspecified atom stereocenters. The second-order valence-corrected chi connectivity index (χ2v) is 7.58. The Morgan fingerprint density at radius 1 is 0.704 bits per heavy atom. The fourth-order valence-corrected chi connectivity index (χ4v) is 3.37. The lowest BCUT2D eigenvalue weighted by molar-refractivity contribution is -0.122. The van der Waals surface area contributed by atoms with Crippen molar-refractivity contribution in [1.29, 1.82) is 0 Å². The Labute approximate surface area is 173 Å². The predicted octanol–water partition coefficient (Wildman–Crippen LogP) is 5.04. The summed E-state index contributed by atoms with van der Waals surface area (Å²) in [4.78, 5) is 15.6. The average molecular weight is 405 g/mol. The summed E-state index contributed by atoms with van der Waals surface area (Å²) in [6.45, 7) is 2.95. The first-order valence-corrected chi connectivity index (χ1v) is 10.9. The fourth-order valence-electron chi connectivity index (χ4n) is 3.37. The Kier molecular flexibility index (Phi) is 22.3. The van der Waals surface area contributed by atoms with Crippen LogP contribution in [0.1, 0.15) is 110 Å². The van der Waals surface area contributed by atoms with Crippen molar-refractivity contribution in [2.45, 2.75) is 110 Å². The zero-order chi connectivity index (χ0) is 19.5. The molecular formula is C21H45ClN4O. The molecule has 0 aliphatic rings. The van der Waals surface area contributed by atoms with Crippen LogP contribution in [0.15, 0.2) is 4.99 Å². The molecule has 5 nitrogen and oxygen atoms in total. The number of rotatable bonds is 19. The van der Waals surface area contributed by atoms with Gasteiger partial charge in [-0.25, -0.2) is 0 Å². The van der Waals surface area contributed by atoms with E-state index in [0.29, 0.717) is 6.54 Å². The van der Waals surface area contributed by atoms with E-state index in [9.17, 15) is 4.79 Å². The van der Waals surface area contributed by atoms with E-state index in [-0.39, 0.29) is 30.2 Å². The van der Waals surface area contributed by atoms with Gasteiger partial charge >= 0.3 is 0 Å². The third-order valence-electron chi connectivity index (χ3n) is 5.06. The highest BCUT2D eigenvalue weighted by Crippen LogP contribution is 2.19. The molecule has 0 aliphatic carbocycles. The molecule has 0 saturated carbocycles. The summed E-state index contributed by atoms with van der Waals surface area (Å²) < 4.78 is 0. The number of aliphatic imine (C=N–C) groups is 1. The van der Waals surface area contributed by atoms with E-state index in [2.05, 4.69) is 11.9 Å². The van der Waals surface area contributed by atoms with E-state index in [1.165, 1.54) is 57.8 Å². The summed E-state index contributed by atoms with van der Waals surface area (Å²) in [5, 5.41) is 0. The number of guanidine groups is 1. The third-order valence-corrected chi connectivity index (χ3v) is 5.06. The van der Waals surface area contributed by atoms with Gasteiger partial charge in [0.15, 0.2) is 5.96 Å². The number of unbranched alkanes of at least 4 members (excludes halogenated alkanes) is 12. The summed E-state index contributed by atoms with van der Waals surface area (Å²) in [6.07, 6.45) is 19.4. The summed E-state index contributed by atoms with van der Waals surface area (Å²) in [5.41, 5.74) is 16.2. The van der Waals surface area contributed by atoms with Gasteiger partial charge < -0.3 is 17.2 Å². The van der Waals surface area contributed by atoms with Gasteiger partial charge in [0.25, 0.3) is 0 Å². The van der Waals surface area contributed by atoms with Crippen molar-refractivity contribution in [3.05, 3.63) is 0 Å². The normalized spacial score (nSPS) is 11.6. The molecule has 0 bridgehead atoms. The maximum Gasteiger partial charge on any atom is 0.220 e. The topological polar surface area (TPSA) is 107 Å². The van der Waals surface area contributed by atoms with E-state index in [4.69, 9.17) is 17.2 Å². The lowest BCUT2D eigenvalue weighted by Crippen LogP contribution is -2.23. The molecule has 0 aliphatic heterocycles. The Hall–Kier alpha value is -0.970. The molecule has 0 radical (unpaired) electrons. The Morgan fingerprint density at radius 2 is 1.11 bits per heavy atom. The van der Waals surface area contributed by atoms with Crippen molar-refractivity contribution in [3.63, 3.8) is 0 Å². The van der Waals surface area contributed by atoms with Crippen LogP contribution in [0, 0.1) is 5.92 Å². The van der Waals surface area contributed by atoms with Gasteiger partial charge in [0.2, 0.25) is 5.91 Å². The van der Waals surface area contributed by atoms with E-state index >= 15 is 0 Å². The maximum atomic E-state index is 11.6. The van der Waals surface area contributed by atoms with Crippen molar-refractivity contribution in [2.24, 2.45) is 28.1 Å². The van der Waals surface area contributed by atoms with Gasteiger partial charge in [0, 0.05) is 12.5 Å². The number of primary amides is 1. The van der Waals surface area contributed by atoms with Gasteiger partial charge in [-0.1, -0.05) is 90.4 Å². The van der Waals surface area contributed by atoms with Crippen molar-refractivity contribution >= 4 is 24.3 Å². The van der Waals surface area contributed by atoms with Crippen LogP contribution in [0.5, 0.6) is 0 Å². The number of nitrogens with zero attached hydrogens (tertiary/aromatic N) is 1. The SMILES string of the molecule is CCCCCCCCCCCCC(CCCCCCN=C(N)N)C(N)=O.Cl. The molecule has 0 saturated heterocycles. The molecule has 0 aromatic carbocycles. The Balaban J connectivity index is 0. The van der Waals surface area contributed by atoms with Crippen LogP contribution in [0.25, 0.3) is 0 Å². The molecule has 162 valence electrons. The van der Waals surface area contributed by atoms with Crippen molar-refractivity contribution in [3.8, 4) is 0 Å². The number of hydrogen-bond donors (Lipinski definition) is 3. The molecule has 0 spiro atoms. The predicted molar refractivity (Wildman–Crippen MR) is 120 cm³/mol. The van der Waals surface area contributed by atoms with E-state index in [0.717, 1.165) is 44.9 Å². The smallest absolute Gasteiger partial charge is 0.220 e. The second-order valence-electron chi connectivity index (χ2n) is 7.58. The number of hydrogen-bond acceptors (Lipinski definition) is 2. The van der Waals surface area contributed by atoms with E-state index < -0.39 is 0 Å². The number of halogens is 1. The molecule has 6 N–H and O–H groups in total. The van der Waals surface area contributed by atoms with Crippen molar-refractivity contribution < 1.29 is 4.79 Å². The van der Waals surface area contributed by atoms with Gasteiger partial charge in [-0.3, -0.25) is 9.79 Å². The van der Waals surface area contributed by atoms with Crippen molar-refractivity contribution in [2.75, 3.05) is 6.54 Å². The first kappa shape index (κ1) is 28.2. The second kappa shape index (κ2) is 21.3. The van der Waals surface area contributed by atoms with E-state index in [1.807, 2.05) is 0 Å². The first-order chi connectivity index (χ1) is 12.6. The van der Waals surface area contributed by atoms with Gasteiger partial charge in [-0.2, -0.15) is 0 Å². The van der Waals surface area contributed by atoms with Crippen LogP contribution in [0.2, 0.25) is 0 Å². The van der Waals surface area contributed by atoms with Gasteiger partial charge in [0.05, 0.1) is 0 Å². The maximum absolute atomic E-state index is 11.6. The monoisotopic (exact) mass is 404 g/mol. The molecule has 27 heavy (non-hydrogen) atoms. The Bertz CT molecular complexity index is 360. The summed E-state index contributed by atoms with van der Waals surface area (Å²) in [5.74, 6) is 0.0958. The highest BCUT2D eigenvalue weighted by atomic mass is 35.5. The molecule has 0 fully saturated rings.